The third kappa shape index (κ3) is 2.89. The van der Waals surface area contributed by atoms with Crippen molar-refractivity contribution in [2.24, 2.45) is 0 Å². The van der Waals surface area contributed by atoms with Crippen LogP contribution in [0.4, 0.5) is 0 Å². The number of benzene rings is 2. The molecule has 0 saturated carbocycles. The summed E-state index contributed by atoms with van der Waals surface area (Å²) >= 11 is 0. The van der Waals surface area contributed by atoms with E-state index >= 15 is 0 Å². The van der Waals surface area contributed by atoms with Crippen LogP contribution in [0.2, 0.25) is 0 Å². The van der Waals surface area contributed by atoms with Crippen LogP contribution in [0, 0.1) is 0 Å². The van der Waals surface area contributed by atoms with E-state index in [1.165, 1.54) is 0 Å². The highest BCUT2D eigenvalue weighted by molar-refractivity contribution is 6.34. The highest BCUT2D eigenvalue weighted by atomic mass is 16.7. The first-order valence-electron chi connectivity index (χ1n) is 5.38. The zero-order chi connectivity index (χ0) is 12.1. The SMILES string of the molecule is [B]c1cc(-c2ccccc2)ccc1OCOC. The minimum atomic E-state index is 0.203. The van der Waals surface area contributed by atoms with Gasteiger partial charge in [0.15, 0.2) is 6.79 Å². The van der Waals surface area contributed by atoms with Crippen LogP contribution in [-0.2, 0) is 4.74 Å². The molecule has 0 aliphatic heterocycles. The summed E-state index contributed by atoms with van der Waals surface area (Å²) in [5, 5.41) is 0. The summed E-state index contributed by atoms with van der Waals surface area (Å²) in [5.41, 5.74) is 2.83. The Morgan fingerprint density at radius 1 is 1.00 bits per heavy atom. The molecule has 0 aromatic heterocycles. The Balaban J connectivity index is 2.25. The second-order valence-corrected chi connectivity index (χ2v) is 3.67. The Bertz CT molecular complexity index is 483. The zero-order valence-corrected chi connectivity index (χ0v) is 9.72. The van der Waals surface area contributed by atoms with Crippen molar-refractivity contribution in [3.05, 3.63) is 48.5 Å². The van der Waals surface area contributed by atoms with Crippen LogP contribution >= 0.6 is 0 Å². The number of hydrogen-bond acceptors (Lipinski definition) is 2. The first-order valence-corrected chi connectivity index (χ1v) is 5.38. The summed E-state index contributed by atoms with van der Waals surface area (Å²) < 4.78 is 10.2. The Morgan fingerprint density at radius 3 is 2.41 bits per heavy atom. The molecule has 0 heterocycles. The average molecular weight is 224 g/mol. The fourth-order valence-electron chi connectivity index (χ4n) is 1.61. The predicted octanol–water partition coefficient (Wildman–Crippen LogP) is 2.13. The number of ether oxygens (including phenoxy) is 2. The van der Waals surface area contributed by atoms with Gasteiger partial charge < -0.3 is 9.47 Å². The minimum absolute atomic E-state index is 0.203. The van der Waals surface area contributed by atoms with Crippen molar-refractivity contribution in [1.82, 2.24) is 0 Å². The monoisotopic (exact) mass is 224 g/mol. The molecule has 0 unspecified atom stereocenters. The van der Waals surface area contributed by atoms with Crippen LogP contribution in [-0.4, -0.2) is 21.7 Å². The molecule has 0 fully saturated rings. The van der Waals surface area contributed by atoms with Crippen LogP contribution in [0.3, 0.4) is 0 Å². The molecular formula is C14H13BO2. The zero-order valence-electron chi connectivity index (χ0n) is 9.72. The summed E-state index contributed by atoms with van der Waals surface area (Å²) in [6.07, 6.45) is 0. The Kier molecular flexibility index (Phi) is 3.83. The van der Waals surface area contributed by atoms with Gasteiger partial charge in [-0.3, -0.25) is 0 Å². The maximum Gasteiger partial charge on any atom is 0.188 e. The van der Waals surface area contributed by atoms with Gasteiger partial charge in [-0.2, -0.15) is 0 Å². The van der Waals surface area contributed by atoms with E-state index in [4.69, 9.17) is 17.3 Å². The highest BCUT2D eigenvalue weighted by Crippen LogP contribution is 2.20. The Labute approximate surface area is 103 Å². The molecule has 0 aliphatic rings. The van der Waals surface area contributed by atoms with E-state index in [-0.39, 0.29) is 6.79 Å². The fraction of sp³-hybridized carbons (Fsp3) is 0.143. The molecule has 0 aliphatic carbocycles. The summed E-state index contributed by atoms with van der Waals surface area (Å²) in [7, 11) is 7.50. The van der Waals surface area contributed by atoms with Crippen LogP contribution in [0.15, 0.2) is 48.5 Å². The second-order valence-electron chi connectivity index (χ2n) is 3.67. The normalized spacial score (nSPS) is 10.2. The lowest BCUT2D eigenvalue weighted by atomic mass is 9.91. The molecule has 0 spiro atoms. The maximum absolute atomic E-state index is 5.92. The summed E-state index contributed by atoms with van der Waals surface area (Å²) in [6.45, 7) is 0.203. The molecular weight excluding hydrogens is 211 g/mol. The van der Waals surface area contributed by atoms with Crippen LogP contribution in [0.1, 0.15) is 0 Å². The predicted molar refractivity (Wildman–Crippen MR) is 69.8 cm³/mol. The van der Waals surface area contributed by atoms with Gasteiger partial charge in [-0.1, -0.05) is 47.9 Å². The molecule has 0 amide bonds. The molecule has 17 heavy (non-hydrogen) atoms. The molecule has 2 rings (SSSR count). The summed E-state index contributed by atoms with van der Waals surface area (Å²) in [4.78, 5) is 0. The summed E-state index contributed by atoms with van der Waals surface area (Å²) in [5.74, 6) is 0.645. The van der Waals surface area contributed by atoms with E-state index in [2.05, 4.69) is 0 Å². The van der Waals surface area contributed by atoms with Gasteiger partial charge in [0.05, 0.1) is 0 Å². The molecule has 2 aromatic carbocycles. The van der Waals surface area contributed by atoms with Crippen molar-refractivity contribution in [1.29, 1.82) is 0 Å². The molecule has 0 saturated heterocycles. The third-order valence-electron chi connectivity index (χ3n) is 2.45. The van der Waals surface area contributed by atoms with Crippen molar-refractivity contribution in [3.63, 3.8) is 0 Å². The molecule has 2 nitrogen and oxygen atoms in total. The second kappa shape index (κ2) is 5.55. The van der Waals surface area contributed by atoms with Crippen molar-refractivity contribution < 1.29 is 9.47 Å². The van der Waals surface area contributed by atoms with Crippen molar-refractivity contribution in [2.45, 2.75) is 0 Å². The van der Waals surface area contributed by atoms with Gasteiger partial charge in [-0.05, 0) is 17.2 Å². The van der Waals surface area contributed by atoms with Crippen LogP contribution in [0.5, 0.6) is 5.75 Å². The molecule has 0 N–H and O–H groups in total. The van der Waals surface area contributed by atoms with E-state index in [0.717, 1.165) is 11.1 Å². The Morgan fingerprint density at radius 2 is 1.76 bits per heavy atom. The van der Waals surface area contributed by atoms with Crippen LogP contribution < -0.4 is 10.2 Å². The van der Waals surface area contributed by atoms with Gasteiger partial charge in [0.25, 0.3) is 0 Å². The van der Waals surface area contributed by atoms with E-state index in [0.29, 0.717) is 11.2 Å². The van der Waals surface area contributed by atoms with Gasteiger partial charge in [0.1, 0.15) is 13.6 Å². The first kappa shape index (κ1) is 11.7. The van der Waals surface area contributed by atoms with Gasteiger partial charge >= 0.3 is 0 Å². The standard InChI is InChI=1S/C14H13BO2/c1-16-10-17-14-8-7-12(9-13(14)15)11-5-3-2-4-6-11/h2-9H,10H2,1H3. The lowest BCUT2D eigenvalue weighted by molar-refractivity contribution is 0.0519. The topological polar surface area (TPSA) is 18.5 Å². The van der Waals surface area contributed by atoms with Crippen molar-refractivity contribution in [3.8, 4) is 16.9 Å². The first-order chi connectivity index (χ1) is 8.31. The van der Waals surface area contributed by atoms with Gasteiger partial charge in [0.2, 0.25) is 0 Å². The van der Waals surface area contributed by atoms with E-state index in [1.54, 1.807) is 7.11 Å². The Hall–Kier alpha value is -1.74. The largest absolute Gasteiger partial charge is 0.468 e. The fourth-order valence-corrected chi connectivity index (χ4v) is 1.61. The molecule has 0 atom stereocenters. The number of methoxy groups -OCH3 is 1. The van der Waals surface area contributed by atoms with Gasteiger partial charge in [-0.15, -0.1) is 0 Å². The quantitative estimate of drug-likeness (QED) is 0.585. The van der Waals surface area contributed by atoms with Gasteiger partial charge in [-0.25, -0.2) is 0 Å². The minimum Gasteiger partial charge on any atom is -0.468 e. The van der Waals surface area contributed by atoms with E-state index in [1.807, 2.05) is 48.5 Å². The number of hydrogen-bond donors (Lipinski definition) is 0. The van der Waals surface area contributed by atoms with Crippen molar-refractivity contribution in [2.75, 3.05) is 13.9 Å². The van der Waals surface area contributed by atoms with Crippen LogP contribution in [0.25, 0.3) is 11.1 Å². The maximum atomic E-state index is 5.92. The third-order valence-corrected chi connectivity index (χ3v) is 2.45. The van der Waals surface area contributed by atoms with E-state index < -0.39 is 0 Å². The van der Waals surface area contributed by atoms with E-state index in [9.17, 15) is 0 Å². The summed E-state index contributed by atoms with van der Waals surface area (Å²) in [6, 6.07) is 15.8. The molecule has 84 valence electrons. The molecule has 0 bridgehead atoms. The number of rotatable bonds is 4. The van der Waals surface area contributed by atoms with Crippen molar-refractivity contribution >= 4 is 13.3 Å². The molecule has 3 heteroatoms. The highest BCUT2D eigenvalue weighted by Gasteiger charge is 2.02. The average Bonchev–Trinajstić information content (AvgIpc) is 2.38. The molecule has 2 aromatic rings. The smallest absolute Gasteiger partial charge is 0.188 e. The molecule has 2 radical (unpaired) electrons. The lowest BCUT2D eigenvalue weighted by Crippen LogP contribution is -2.11. The van der Waals surface area contributed by atoms with Gasteiger partial charge in [0, 0.05) is 7.11 Å². The lowest BCUT2D eigenvalue weighted by Gasteiger charge is -2.10.